The summed E-state index contributed by atoms with van der Waals surface area (Å²) in [6, 6.07) is 17.7. The van der Waals surface area contributed by atoms with E-state index in [1.165, 1.54) is 37.1 Å². The molecule has 1 N–H and O–H groups in total. The average molecular weight is 734 g/mol. The number of β-amino-alcohol motifs (C(OH)–C–C–N with tert-alkyl or cyclic N) is 1. The number of ether oxygens (including phenoxy) is 3. The van der Waals surface area contributed by atoms with Crippen molar-refractivity contribution in [3.05, 3.63) is 102 Å². The summed E-state index contributed by atoms with van der Waals surface area (Å²) in [5.41, 5.74) is -0.142. The number of rotatable bonds is 15. The normalized spacial score (nSPS) is 15.8. The van der Waals surface area contributed by atoms with Crippen LogP contribution in [0.15, 0.2) is 84.2 Å². The van der Waals surface area contributed by atoms with Crippen molar-refractivity contribution in [1.82, 2.24) is 35.0 Å². The van der Waals surface area contributed by atoms with Crippen LogP contribution < -0.4 is 4.90 Å². The van der Waals surface area contributed by atoms with Crippen molar-refractivity contribution in [1.29, 1.82) is 0 Å². The van der Waals surface area contributed by atoms with E-state index in [2.05, 4.69) is 20.6 Å². The standard InChI is InChI=1S/C35H37F2N9O7/c1-25(44-15-16-45(33(44)48)28-10-12-29(13-11-28)46-21-38-40-41-46)35(50,30-14-9-27(36)18-31(30)37)20-43-23-42(22-39-43)24-53-34(49)51-17-5-8-32(47)52-19-26-6-3-2-4-7-26/h2-4,6-7,9-14,18,21-22,25,50H,5,8,15-17,19-20,23-24H2,1H3/t25-,35-/m1/s1. The first-order valence-corrected chi connectivity index (χ1v) is 16.7. The molecule has 53 heavy (non-hydrogen) atoms. The van der Waals surface area contributed by atoms with Crippen molar-refractivity contribution >= 4 is 30.2 Å². The Morgan fingerprint density at radius 2 is 1.75 bits per heavy atom. The molecule has 2 aliphatic heterocycles. The lowest BCUT2D eigenvalue weighted by atomic mass is 9.85. The molecule has 2 atom stereocenters. The Hall–Kier alpha value is -6.17. The van der Waals surface area contributed by atoms with Crippen molar-refractivity contribution in [3.63, 3.8) is 0 Å². The molecule has 0 radical (unpaired) electrons. The van der Waals surface area contributed by atoms with Crippen LogP contribution >= 0.6 is 0 Å². The molecule has 1 aromatic heterocycles. The summed E-state index contributed by atoms with van der Waals surface area (Å²) in [6.45, 7) is 1.63. The second kappa shape index (κ2) is 16.4. The number of hydrogen-bond acceptors (Lipinski definition) is 13. The fourth-order valence-electron chi connectivity index (χ4n) is 5.99. The topological polar surface area (TPSA) is 168 Å². The number of amides is 2. The average Bonchev–Trinajstić information content (AvgIpc) is 3.94. The Balaban J connectivity index is 1.02. The van der Waals surface area contributed by atoms with Gasteiger partial charge in [0.1, 0.15) is 43.2 Å². The van der Waals surface area contributed by atoms with E-state index in [-0.39, 0.29) is 64.7 Å². The first-order chi connectivity index (χ1) is 25.6. The minimum atomic E-state index is -2.07. The molecule has 2 aliphatic rings. The van der Waals surface area contributed by atoms with Crippen LogP contribution in [0.25, 0.3) is 5.69 Å². The highest BCUT2D eigenvalue weighted by molar-refractivity contribution is 5.94. The van der Waals surface area contributed by atoms with E-state index in [0.29, 0.717) is 17.4 Å². The highest BCUT2D eigenvalue weighted by Gasteiger charge is 2.47. The Kier molecular flexibility index (Phi) is 11.4. The highest BCUT2D eigenvalue weighted by atomic mass is 19.1. The van der Waals surface area contributed by atoms with Gasteiger partial charge in [0, 0.05) is 36.8 Å². The minimum absolute atomic E-state index is 0.0199. The van der Waals surface area contributed by atoms with Crippen LogP contribution in [-0.4, -0.2) is 110 Å². The zero-order valence-corrected chi connectivity index (χ0v) is 28.7. The van der Waals surface area contributed by atoms with Gasteiger partial charge in [0.25, 0.3) is 0 Å². The summed E-state index contributed by atoms with van der Waals surface area (Å²) in [5.74, 6) is -2.24. The van der Waals surface area contributed by atoms with Crippen molar-refractivity contribution in [2.24, 2.45) is 5.10 Å². The van der Waals surface area contributed by atoms with E-state index >= 15 is 4.39 Å². The van der Waals surface area contributed by atoms with Crippen LogP contribution in [0.2, 0.25) is 0 Å². The molecule has 0 spiro atoms. The van der Waals surface area contributed by atoms with Crippen molar-refractivity contribution in [3.8, 4) is 5.69 Å². The van der Waals surface area contributed by atoms with Crippen LogP contribution in [0, 0.1) is 11.6 Å². The third-order valence-corrected chi connectivity index (χ3v) is 8.85. The van der Waals surface area contributed by atoms with Gasteiger partial charge in [-0.3, -0.25) is 14.7 Å². The molecule has 6 rings (SSSR count). The molecule has 18 heteroatoms. The molecule has 16 nitrogen and oxygen atoms in total. The molecule has 0 bridgehead atoms. The van der Waals surface area contributed by atoms with E-state index < -0.39 is 41.4 Å². The van der Waals surface area contributed by atoms with Crippen LogP contribution in [0.1, 0.15) is 30.9 Å². The maximum atomic E-state index is 15.3. The number of hydrogen-bond donors (Lipinski definition) is 1. The lowest BCUT2D eigenvalue weighted by Crippen LogP contribution is -2.55. The SMILES string of the molecule is C[C@@H](N1CCN(c2ccc(-n3cnnn3)cc2)C1=O)[C@](O)(CN1CN(COC(=O)OCCCC(=O)OCc2ccccc2)C=N1)c1ccc(F)cc1F. The van der Waals surface area contributed by atoms with Gasteiger partial charge < -0.3 is 29.1 Å². The molecule has 1 saturated heterocycles. The smallest absolute Gasteiger partial charge is 0.461 e. The molecule has 2 amide bonds. The predicted octanol–water partition coefficient (Wildman–Crippen LogP) is 3.61. The van der Waals surface area contributed by atoms with Crippen molar-refractivity contribution in [2.45, 2.75) is 38.0 Å². The number of halogens is 2. The number of nitrogens with zero attached hydrogens (tertiary/aromatic N) is 9. The van der Waals surface area contributed by atoms with Gasteiger partial charge in [-0.15, -0.1) is 5.10 Å². The number of aliphatic hydroxyl groups is 1. The molecular weight excluding hydrogens is 696 g/mol. The van der Waals surface area contributed by atoms with Gasteiger partial charge in [-0.05, 0) is 59.7 Å². The summed E-state index contributed by atoms with van der Waals surface area (Å²) in [6.07, 6.45) is 2.14. The summed E-state index contributed by atoms with van der Waals surface area (Å²) in [5, 5.41) is 29.0. The van der Waals surface area contributed by atoms with Gasteiger partial charge in [-0.1, -0.05) is 36.4 Å². The van der Waals surface area contributed by atoms with E-state index in [4.69, 9.17) is 14.2 Å². The van der Waals surface area contributed by atoms with Gasteiger partial charge in [0.15, 0.2) is 6.73 Å². The number of carbonyl (C=O) groups excluding carboxylic acids is 3. The van der Waals surface area contributed by atoms with Crippen LogP contribution in [0.5, 0.6) is 0 Å². The lowest BCUT2D eigenvalue weighted by molar-refractivity contribution is -0.145. The fraction of sp³-hybridized carbons (Fsp3) is 0.343. The number of esters is 1. The molecule has 3 aromatic carbocycles. The maximum absolute atomic E-state index is 15.3. The molecule has 0 aliphatic carbocycles. The Labute approximate surface area is 302 Å². The zero-order valence-electron chi connectivity index (χ0n) is 28.7. The number of aromatic nitrogens is 4. The van der Waals surface area contributed by atoms with E-state index in [1.54, 1.807) is 31.2 Å². The molecule has 3 heterocycles. The Morgan fingerprint density at radius 3 is 2.49 bits per heavy atom. The van der Waals surface area contributed by atoms with E-state index in [9.17, 15) is 23.9 Å². The highest BCUT2D eigenvalue weighted by Crippen LogP contribution is 2.35. The number of benzene rings is 3. The summed E-state index contributed by atoms with van der Waals surface area (Å²) in [7, 11) is 0. The summed E-state index contributed by atoms with van der Waals surface area (Å²) >= 11 is 0. The molecule has 278 valence electrons. The summed E-state index contributed by atoms with van der Waals surface area (Å²) < 4.78 is 46.2. The molecular formula is C35H37F2N9O7. The first-order valence-electron chi connectivity index (χ1n) is 16.7. The van der Waals surface area contributed by atoms with Crippen LogP contribution in [-0.2, 0) is 31.2 Å². The maximum Gasteiger partial charge on any atom is 0.510 e. The Bertz CT molecular complexity index is 1900. The second-order valence-corrected chi connectivity index (χ2v) is 12.4. The third-order valence-electron chi connectivity index (χ3n) is 8.85. The first kappa shape index (κ1) is 36.6. The van der Waals surface area contributed by atoms with Gasteiger partial charge in [-0.2, -0.15) is 5.10 Å². The van der Waals surface area contributed by atoms with Crippen molar-refractivity contribution < 1.29 is 42.5 Å². The van der Waals surface area contributed by atoms with Gasteiger partial charge >= 0.3 is 18.2 Å². The van der Waals surface area contributed by atoms with E-state index in [1.807, 2.05) is 30.3 Å². The zero-order chi connectivity index (χ0) is 37.4. The van der Waals surface area contributed by atoms with Crippen molar-refractivity contribution in [2.75, 3.05) is 44.5 Å². The van der Waals surface area contributed by atoms with Gasteiger partial charge in [0.05, 0.1) is 24.9 Å². The molecule has 4 aromatic rings. The van der Waals surface area contributed by atoms with E-state index in [0.717, 1.165) is 17.7 Å². The predicted molar refractivity (Wildman–Crippen MR) is 183 cm³/mol. The number of carbonyl (C=O) groups is 3. The third kappa shape index (κ3) is 8.83. The van der Waals surface area contributed by atoms with Gasteiger partial charge in [0.2, 0.25) is 0 Å². The molecule has 0 unspecified atom stereocenters. The minimum Gasteiger partial charge on any atom is -0.461 e. The Morgan fingerprint density at radius 1 is 0.981 bits per heavy atom. The monoisotopic (exact) mass is 733 g/mol. The number of urea groups is 1. The van der Waals surface area contributed by atoms with Crippen LogP contribution in [0.3, 0.4) is 0 Å². The number of hydrazone groups is 1. The largest absolute Gasteiger partial charge is 0.510 e. The molecule has 1 fully saturated rings. The quantitative estimate of drug-likeness (QED) is 0.140. The number of tetrazole rings is 1. The molecule has 0 saturated carbocycles. The van der Waals surface area contributed by atoms with Gasteiger partial charge in [-0.25, -0.2) is 23.1 Å². The second-order valence-electron chi connectivity index (χ2n) is 12.4. The lowest BCUT2D eigenvalue weighted by Gasteiger charge is -2.41. The number of anilines is 1. The fourth-order valence-corrected chi connectivity index (χ4v) is 5.99. The van der Waals surface area contributed by atoms with Crippen LogP contribution in [0.4, 0.5) is 24.1 Å². The summed E-state index contributed by atoms with van der Waals surface area (Å²) in [4.78, 5) is 42.3.